The molecular weight excluding hydrogens is 378 g/mol. The number of rotatable bonds is 5. The Kier molecular flexibility index (Phi) is 8.84. The van der Waals surface area contributed by atoms with Gasteiger partial charge >= 0.3 is 6.09 Å². The van der Waals surface area contributed by atoms with E-state index in [4.69, 9.17) is 9.47 Å². The number of aliphatic hydroxyl groups excluding tert-OH is 1. The molecule has 1 N–H and O–H groups in total. The summed E-state index contributed by atoms with van der Waals surface area (Å²) in [6.45, 7) is 7.37. The molecule has 0 aliphatic carbocycles. The maximum atomic E-state index is 12.8. The highest BCUT2D eigenvalue weighted by atomic mass is 16.6. The van der Waals surface area contributed by atoms with Crippen LogP contribution >= 0.6 is 0 Å². The van der Waals surface area contributed by atoms with Crippen LogP contribution in [0.5, 0.6) is 0 Å². The molecule has 164 valence electrons. The molecule has 1 aliphatic rings. The van der Waals surface area contributed by atoms with Crippen molar-refractivity contribution in [3.8, 4) is 0 Å². The molecule has 3 atom stereocenters. The van der Waals surface area contributed by atoms with Gasteiger partial charge in [0.1, 0.15) is 0 Å². The van der Waals surface area contributed by atoms with E-state index >= 15 is 0 Å². The van der Waals surface area contributed by atoms with Crippen molar-refractivity contribution in [2.45, 2.75) is 58.9 Å². The van der Waals surface area contributed by atoms with Gasteiger partial charge in [-0.2, -0.15) is 0 Å². The van der Waals surface area contributed by atoms with Gasteiger partial charge in [-0.1, -0.05) is 12.1 Å². The lowest BCUT2D eigenvalue weighted by atomic mass is 10.0. The van der Waals surface area contributed by atoms with Crippen LogP contribution in [0.15, 0.2) is 6.20 Å². The van der Waals surface area contributed by atoms with E-state index in [1.807, 2.05) is 13.8 Å². The first-order chi connectivity index (χ1) is 13.9. The van der Waals surface area contributed by atoms with Crippen molar-refractivity contribution in [2.24, 2.45) is 5.92 Å². The van der Waals surface area contributed by atoms with Crippen LogP contribution in [-0.2, 0) is 27.4 Å². The van der Waals surface area contributed by atoms with E-state index < -0.39 is 6.09 Å². The Balaban J connectivity index is 2.23. The summed E-state index contributed by atoms with van der Waals surface area (Å²) < 4.78 is 13.0. The third-order valence-corrected chi connectivity index (χ3v) is 5.17. The average Bonchev–Trinajstić information content (AvgIpc) is 3.14. The number of aryl methyl sites for hydroxylation is 1. The molecule has 1 aliphatic heterocycles. The van der Waals surface area contributed by atoms with E-state index in [1.54, 1.807) is 29.7 Å². The number of hydrogen-bond acceptors (Lipinski definition) is 7. The first kappa shape index (κ1) is 23.1. The monoisotopic (exact) mass is 411 g/mol. The van der Waals surface area contributed by atoms with E-state index in [0.29, 0.717) is 45.7 Å². The summed E-state index contributed by atoms with van der Waals surface area (Å²) in [6.07, 6.45) is 1.90. The summed E-state index contributed by atoms with van der Waals surface area (Å²) >= 11 is 0. The molecule has 0 aromatic carbocycles. The number of fused-ring (bicyclic) bond motifs is 1. The molecule has 1 aromatic heterocycles. The van der Waals surface area contributed by atoms with Gasteiger partial charge in [-0.15, -0.1) is 5.10 Å². The highest BCUT2D eigenvalue weighted by Gasteiger charge is 2.29. The molecule has 29 heavy (non-hydrogen) atoms. The number of nitrogens with zero attached hydrogens (tertiary/aromatic N) is 5. The minimum atomic E-state index is -0.419. The Labute approximate surface area is 171 Å². The first-order valence-corrected chi connectivity index (χ1v) is 10.1. The second-order valence-corrected chi connectivity index (χ2v) is 7.54. The smallest absolute Gasteiger partial charge is 0.409 e. The summed E-state index contributed by atoms with van der Waals surface area (Å²) in [5.74, 6) is -0.0910. The number of aliphatic hydroxyl groups is 1. The van der Waals surface area contributed by atoms with Crippen LogP contribution in [0.4, 0.5) is 4.79 Å². The van der Waals surface area contributed by atoms with Gasteiger partial charge in [0.25, 0.3) is 0 Å². The molecule has 0 saturated heterocycles. The van der Waals surface area contributed by atoms with Crippen molar-refractivity contribution < 1.29 is 24.2 Å². The lowest BCUT2D eigenvalue weighted by Crippen LogP contribution is -2.48. The molecule has 1 aromatic rings. The number of carbonyl (C=O) groups excluding carboxylic acids is 2. The van der Waals surface area contributed by atoms with Crippen molar-refractivity contribution in [1.82, 2.24) is 24.8 Å². The van der Waals surface area contributed by atoms with Crippen LogP contribution in [0.2, 0.25) is 0 Å². The molecule has 0 bridgehead atoms. The van der Waals surface area contributed by atoms with E-state index in [-0.39, 0.29) is 30.6 Å². The molecular formula is C19H33N5O5. The fourth-order valence-electron chi connectivity index (χ4n) is 3.32. The Hall–Kier alpha value is -2.20. The molecule has 10 nitrogen and oxygen atoms in total. The zero-order chi connectivity index (χ0) is 21.4. The van der Waals surface area contributed by atoms with Crippen molar-refractivity contribution >= 4 is 12.0 Å². The molecule has 0 unspecified atom stereocenters. The first-order valence-electron chi connectivity index (χ1n) is 10.1. The lowest BCUT2D eigenvalue weighted by Gasteiger charge is -2.35. The fourth-order valence-corrected chi connectivity index (χ4v) is 3.32. The van der Waals surface area contributed by atoms with Crippen LogP contribution in [0.3, 0.4) is 0 Å². The van der Waals surface area contributed by atoms with Gasteiger partial charge in [-0.3, -0.25) is 4.79 Å². The SMILES string of the molecule is CCOC(=O)N(C)C[C@@H]1OCc2cnnn2CCCC(=O)N([C@@H](C)CO)C[C@@H]1C. The topological polar surface area (TPSA) is 110 Å². The summed E-state index contributed by atoms with van der Waals surface area (Å²) in [5, 5.41) is 17.6. The summed E-state index contributed by atoms with van der Waals surface area (Å²) in [6, 6.07) is -0.293. The predicted octanol–water partition coefficient (Wildman–Crippen LogP) is 0.891. The zero-order valence-electron chi connectivity index (χ0n) is 17.8. The molecule has 0 radical (unpaired) electrons. The van der Waals surface area contributed by atoms with Crippen molar-refractivity contribution in [1.29, 1.82) is 0 Å². The number of ether oxygens (including phenoxy) is 2. The molecule has 2 heterocycles. The van der Waals surface area contributed by atoms with Crippen molar-refractivity contribution in [3.05, 3.63) is 11.9 Å². The van der Waals surface area contributed by atoms with E-state index in [2.05, 4.69) is 10.3 Å². The second-order valence-electron chi connectivity index (χ2n) is 7.54. The molecule has 10 heteroatoms. The fraction of sp³-hybridized carbons (Fsp3) is 0.789. The van der Waals surface area contributed by atoms with Gasteiger partial charge in [0, 0.05) is 32.5 Å². The number of carbonyl (C=O) groups is 2. The summed E-state index contributed by atoms with van der Waals surface area (Å²) in [4.78, 5) is 28.0. The normalized spacial score (nSPS) is 22.2. The maximum Gasteiger partial charge on any atom is 0.409 e. The number of aromatic nitrogens is 3. The Morgan fingerprint density at radius 2 is 2.28 bits per heavy atom. The van der Waals surface area contributed by atoms with Gasteiger partial charge in [0.05, 0.1) is 50.4 Å². The number of likely N-dealkylation sites (N-methyl/N-ethyl adjacent to an activating group) is 1. The molecule has 0 fully saturated rings. The minimum Gasteiger partial charge on any atom is -0.450 e. The Morgan fingerprint density at radius 1 is 1.52 bits per heavy atom. The Morgan fingerprint density at radius 3 is 2.97 bits per heavy atom. The van der Waals surface area contributed by atoms with Crippen LogP contribution in [0, 0.1) is 5.92 Å². The highest BCUT2D eigenvalue weighted by molar-refractivity contribution is 5.76. The van der Waals surface area contributed by atoms with Gasteiger partial charge in [0.2, 0.25) is 5.91 Å². The highest BCUT2D eigenvalue weighted by Crippen LogP contribution is 2.18. The Bertz CT molecular complexity index is 667. The maximum absolute atomic E-state index is 12.8. The third kappa shape index (κ3) is 6.40. The van der Waals surface area contributed by atoms with Crippen molar-refractivity contribution in [3.63, 3.8) is 0 Å². The van der Waals surface area contributed by atoms with Crippen LogP contribution in [0.25, 0.3) is 0 Å². The number of hydrogen-bond donors (Lipinski definition) is 1. The van der Waals surface area contributed by atoms with Crippen LogP contribution in [-0.4, -0.2) is 87.4 Å². The van der Waals surface area contributed by atoms with E-state index in [0.717, 1.165) is 5.69 Å². The van der Waals surface area contributed by atoms with Gasteiger partial charge < -0.3 is 24.4 Å². The second kappa shape index (κ2) is 11.1. The average molecular weight is 412 g/mol. The summed E-state index contributed by atoms with van der Waals surface area (Å²) in [7, 11) is 1.66. The minimum absolute atomic E-state index is 0.0156. The van der Waals surface area contributed by atoms with Crippen LogP contribution < -0.4 is 0 Å². The molecule has 0 saturated carbocycles. The predicted molar refractivity (Wildman–Crippen MR) is 105 cm³/mol. The molecule has 2 rings (SSSR count). The molecule has 0 spiro atoms. The zero-order valence-corrected chi connectivity index (χ0v) is 17.8. The van der Waals surface area contributed by atoms with E-state index in [9.17, 15) is 14.7 Å². The standard InChI is InChI=1S/C19H33N5O5/c1-5-28-19(27)22(4)11-17-14(2)10-23(15(3)12-25)18(26)7-6-8-24-16(13-29-17)9-20-21-24/h9,14-15,17,25H,5-8,10-13H2,1-4H3/t14-,15-,17-/m0/s1. The van der Waals surface area contributed by atoms with Crippen LogP contribution in [0.1, 0.15) is 39.3 Å². The van der Waals surface area contributed by atoms with Gasteiger partial charge in [-0.05, 0) is 20.3 Å². The number of amides is 2. The quantitative estimate of drug-likeness (QED) is 0.766. The molecule has 2 amide bonds. The third-order valence-electron chi connectivity index (χ3n) is 5.17. The van der Waals surface area contributed by atoms with Crippen molar-refractivity contribution in [2.75, 3.05) is 33.4 Å². The van der Waals surface area contributed by atoms with Gasteiger partial charge in [0.15, 0.2) is 0 Å². The lowest BCUT2D eigenvalue weighted by molar-refractivity contribution is -0.136. The largest absolute Gasteiger partial charge is 0.450 e. The summed E-state index contributed by atoms with van der Waals surface area (Å²) in [5.41, 5.74) is 0.828. The van der Waals surface area contributed by atoms with E-state index in [1.165, 1.54) is 4.90 Å². The van der Waals surface area contributed by atoms with Gasteiger partial charge in [-0.25, -0.2) is 9.48 Å².